The minimum atomic E-state index is -0.0657. The van der Waals surface area contributed by atoms with Crippen molar-refractivity contribution in [2.24, 2.45) is 0 Å². The molecule has 3 nitrogen and oxygen atoms in total. The van der Waals surface area contributed by atoms with Crippen LogP contribution in [0.1, 0.15) is 6.92 Å². The first kappa shape index (κ1) is 7.98. The molecule has 0 aliphatic carbocycles. The first-order chi connectivity index (χ1) is 4.72. The molecule has 0 amide bonds. The Kier molecular flexibility index (Phi) is 2.65. The second kappa shape index (κ2) is 3.32. The smallest absolute Gasteiger partial charge is 0.0793 e. The summed E-state index contributed by atoms with van der Waals surface area (Å²) >= 11 is 0. The van der Waals surface area contributed by atoms with Gasteiger partial charge in [0.25, 0.3) is 0 Å². The first-order valence-corrected chi connectivity index (χ1v) is 3.80. The van der Waals surface area contributed by atoms with E-state index in [0.717, 1.165) is 19.6 Å². The summed E-state index contributed by atoms with van der Waals surface area (Å²) in [5.74, 6) is 0. The van der Waals surface area contributed by atoms with E-state index >= 15 is 0 Å². The van der Waals surface area contributed by atoms with Crippen molar-refractivity contribution in [2.75, 3.05) is 26.7 Å². The lowest BCUT2D eigenvalue weighted by atomic mass is 10.1. The Labute approximate surface area is 62.0 Å². The number of likely N-dealkylation sites (tertiary alicyclic amines) is 1. The molecule has 3 heteroatoms. The van der Waals surface area contributed by atoms with Gasteiger partial charge >= 0.3 is 0 Å². The topological polar surface area (TPSA) is 35.5 Å². The molecule has 0 aromatic heterocycles. The fourth-order valence-corrected chi connectivity index (χ4v) is 1.17. The molecule has 1 heterocycles. The summed E-state index contributed by atoms with van der Waals surface area (Å²) in [4.78, 5) is 2.24. The van der Waals surface area contributed by atoms with E-state index in [9.17, 15) is 0 Å². The third kappa shape index (κ3) is 1.94. The third-order valence-corrected chi connectivity index (χ3v) is 1.96. The third-order valence-electron chi connectivity index (χ3n) is 1.96. The fourth-order valence-electron chi connectivity index (χ4n) is 1.17. The molecule has 1 aliphatic heterocycles. The van der Waals surface area contributed by atoms with Gasteiger partial charge in [0, 0.05) is 25.7 Å². The molecule has 0 aromatic carbocycles. The number of hydrogen-bond donors (Lipinski definition) is 2. The molecule has 10 heavy (non-hydrogen) atoms. The molecule has 0 bridgehead atoms. The Morgan fingerprint density at radius 3 is 2.70 bits per heavy atom. The van der Waals surface area contributed by atoms with Crippen LogP contribution < -0.4 is 5.32 Å². The molecule has 0 saturated carbocycles. The number of β-amino-alcohol motifs (C(OH)–C–C–N with tert-alkyl or cyclic N) is 1. The molecule has 1 unspecified atom stereocenters. The summed E-state index contributed by atoms with van der Waals surface area (Å²) < 4.78 is 0. The van der Waals surface area contributed by atoms with Gasteiger partial charge in [0.15, 0.2) is 0 Å². The predicted molar refractivity (Wildman–Crippen MR) is 41.0 cm³/mol. The van der Waals surface area contributed by atoms with E-state index in [-0.39, 0.29) is 6.10 Å². The highest BCUT2D eigenvalue weighted by Crippen LogP contribution is 2.06. The van der Waals surface area contributed by atoms with Crippen molar-refractivity contribution in [3.05, 3.63) is 0 Å². The molecule has 60 valence electrons. The molecule has 0 aromatic rings. The van der Waals surface area contributed by atoms with Crippen molar-refractivity contribution in [1.29, 1.82) is 0 Å². The zero-order valence-electron chi connectivity index (χ0n) is 6.67. The van der Waals surface area contributed by atoms with Gasteiger partial charge < -0.3 is 10.4 Å². The van der Waals surface area contributed by atoms with Crippen LogP contribution >= 0.6 is 0 Å². The van der Waals surface area contributed by atoms with Gasteiger partial charge in [-0.1, -0.05) is 0 Å². The molecule has 1 rings (SSSR count). The molecular formula is C7H16N2O. The van der Waals surface area contributed by atoms with E-state index in [1.165, 1.54) is 0 Å². The average molecular weight is 144 g/mol. The van der Waals surface area contributed by atoms with Gasteiger partial charge in [-0.3, -0.25) is 4.90 Å². The molecule has 1 atom stereocenters. The number of nitrogens with one attached hydrogen (secondary N) is 1. The first-order valence-electron chi connectivity index (χ1n) is 3.80. The Morgan fingerprint density at radius 1 is 1.70 bits per heavy atom. The van der Waals surface area contributed by atoms with E-state index in [2.05, 4.69) is 17.1 Å². The van der Waals surface area contributed by atoms with Crippen LogP contribution in [0.15, 0.2) is 0 Å². The van der Waals surface area contributed by atoms with Gasteiger partial charge in [0.2, 0.25) is 0 Å². The Balaban J connectivity index is 2.04. The Hall–Kier alpha value is -0.120. The Morgan fingerprint density at radius 2 is 2.30 bits per heavy atom. The van der Waals surface area contributed by atoms with Gasteiger partial charge in [0.1, 0.15) is 0 Å². The van der Waals surface area contributed by atoms with Crippen LogP contribution in [-0.2, 0) is 0 Å². The number of rotatable bonds is 3. The van der Waals surface area contributed by atoms with Crippen LogP contribution in [0.5, 0.6) is 0 Å². The largest absolute Gasteiger partial charge is 0.390 e. The van der Waals surface area contributed by atoms with Crippen molar-refractivity contribution >= 4 is 0 Å². The van der Waals surface area contributed by atoms with Crippen molar-refractivity contribution in [3.63, 3.8) is 0 Å². The second-order valence-electron chi connectivity index (χ2n) is 3.06. The highest BCUT2D eigenvalue weighted by molar-refractivity contribution is 4.80. The predicted octanol–water partition coefficient (Wildman–Crippen LogP) is -0.729. The molecule has 1 aliphatic rings. The van der Waals surface area contributed by atoms with Gasteiger partial charge in [-0.15, -0.1) is 0 Å². The second-order valence-corrected chi connectivity index (χ2v) is 3.06. The molecule has 2 N–H and O–H groups in total. The maximum Gasteiger partial charge on any atom is 0.0793 e. The van der Waals surface area contributed by atoms with Crippen LogP contribution in [0.2, 0.25) is 0 Å². The lowest BCUT2D eigenvalue weighted by molar-refractivity contribution is -0.00143. The zero-order chi connectivity index (χ0) is 7.56. The number of aliphatic hydroxyl groups is 1. The molecule has 1 saturated heterocycles. The van der Waals surface area contributed by atoms with Gasteiger partial charge in [0.05, 0.1) is 6.10 Å². The molecule has 1 fully saturated rings. The summed E-state index contributed by atoms with van der Waals surface area (Å²) in [7, 11) is 1.96. The van der Waals surface area contributed by atoms with Crippen LogP contribution in [0.25, 0.3) is 0 Å². The maximum absolute atomic E-state index is 8.94. The molecule has 0 radical (unpaired) electrons. The van der Waals surface area contributed by atoms with Crippen LogP contribution in [0.4, 0.5) is 0 Å². The van der Waals surface area contributed by atoms with E-state index < -0.39 is 0 Å². The van der Waals surface area contributed by atoms with Crippen LogP contribution in [-0.4, -0.2) is 48.8 Å². The fraction of sp³-hybridized carbons (Fsp3) is 1.00. The maximum atomic E-state index is 8.94. The average Bonchev–Trinajstić information content (AvgIpc) is 1.84. The standard InChI is InChI=1S/C7H16N2O/c1-6(8-2)3-9-4-7(10)5-9/h6-8,10H,3-5H2,1-2H3. The summed E-state index contributed by atoms with van der Waals surface area (Å²) in [6.07, 6.45) is -0.0657. The Bertz CT molecular complexity index is 102. The van der Waals surface area contributed by atoms with Crippen molar-refractivity contribution in [1.82, 2.24) is 10.2 Å². The van der Waals surface area contributed by atoms with E-state index in [1.54, 1.807) is 0 Å². The monoisotopic (exact) mass is 144 g/mol. The van der Waals surface area contributed by atoms with E-state index in [4.69, 9.17) is 5.11 Å². The summed E-state index contributed by atoms with van der Waals surface area (Å²) in [5.41, 5.74) is 0. The van der Waals surface area contributed by atoms with Gasteiger partial charge in [-0.25, -0.2) is 0 Å². The minimum absolute atomic E-state index is 0.0657. The number of aliphatic hydroxyl groups excluding tert-OH is 1. The summed E-state index contributed by atoms with van der Waals surface area (Å²) in [5, 5.41) is 12.1. The van der Waals surface area contributed by atoms with Crippen LogP contribution in [0.3, 0.4) is 0 Å². The minimum Gasteiger partial charge on any atom is -0.390 e. The highest BCUT2D eigenvalue weighted by atomic mass is 16.3. The van der Waals surface area contributed by atoms with Crippen molar-refractivity contribution in [3.8, 4) is 0 Å². The zero-order valence-corrected chi connectivity index (χ0v) is 6.67. The lowest BCUT2D eigenvalue weighted by Crippen LogP contribution is -2.54. The van der Waals surface area contributed by atoms with Crippen molar-refractivity contribution < 1.29 is 5.11 Å². The van der Waals surface area contributed by atoms with E-state index in [0.29, 0.717) is 6.04 Å². The van der Waals surface area contributed by atoms with Crippen molar-refractivity contribution in [2.45, 2.75) is 19.1 Å². The van der Waals surface area contributed by atoms with Gasteiger partial charge in [-0.05, 0) is 14.0 Å². The summed E-state index contributed by atoms with van der Waals surface area (Å²) in [6, 6.07) is 0.535. The quantitative estimate of drug-likeness (QED) is 0.548. The van der Waals surface area contributed by atoms with Gasteiger partial charge in [-0.2, -0.15) is 0 Å². The lowest BCUT2D eigenvalue weighted by Gasteiger charge is -2.37. The number of hydrogen-bond acceptors (Lipinski definition) is 3. The molecular weight excluding hydrogens is 128 g/mol. The number of likely N-dealkylation sites (N-methyl/N-ethyl adjacent to an activating group) is 1. The number of nitrogens with zero attached hydrogens (tertiary/aromatic N) is 1. The van der Waals surface area contributed by atoms with Crippen LogP contribution in [0, 0.1) is 0 Å². The van der Waals surface area contributed by atoms with E-state index in [1.807, 2.05) is 7.05 Å². The SMILES string of the molecule is CNC(C)CN1CC(O)C1. The highest BCUT2D eigenvalue weighted by Gasteiger charge is 2.24. The summed E-state index contributed by atoms with van der Waals surface area (Å²) in [6.45, 7) is 4.90. The normalized spacial score (nSPS) is 24.3. The molecule has 0 spiro atoms.